The smallest absolute Gasteiger partial charge is 0.261 e. The maximum absolute atomic E-state index is 12.2. The van der Waals surface area contributed by atoms with Gasteiger partial charge in [0, 0.05) is 6.20 Å². The van der Waals surface area contributed by atoms with E-state index in [-0.39, 0.29) is 18.4 Å². The second-order valence-corrected chi connectivity index (χ2v) is 4.39. The molecule has 1 aromatic carbocycles. The summed E-state index contributed by atoms with van der Waals surface area (Å²) in [7, 11) is 0. The molecule has 3 rings (SSSR count). The maximum Gasteiger partial charge on any atom is 0.261 e. The molecule has 0 spiro atoms. The van der Waals surface area contributed by atoms with Gasteiger partial charge in [-0.1, -0.05) is 12.1 Å². The lowest BCUT2D eigenvalue weighted by molar-refractivity contribution is 0.0640. The van der Waals surface area contributed by atoms with E-state index in [1.165, 1.54) is 11.2 Å². The average molecular weight is 253 g/mol. The molecule has 0 atom stereocenters. The van der Waals surface area contributed by atoms with Crippen molar-refractivity contribution < 1.29 is 9.59 Å². The van der Waals surface area contributed by atoms with Crippen molar-refractivity contribution in [3.05, 3.63) is 59.2 Å². The number of aryl methyl sites for hydroxylation is 1. The topological polar surface area (TPSA) is 63.2 Å². The average Bonchev–Trinajstić information content (AvgIpc) is 2.67. The largest absolute Gasteiger partial charge is 0.269 e. The second-order valence-electron chi connectivity index (χ2n) is 4.39. The number of hydrogen-bond donors (Lipinski definition) is 0. The van der Waals surface area contributed by atoms with Crippen LogP contribution < -0.4 is 0 Å². The predicted molar refractivity (Wildman–Crippen MR) is 67.4 cm³/mol. The number of nitrogens with zero attached hydrogens (tertiary/aromatic N) is 3. The first-order chi connectivity index (χ1) is 9.18. The van der Waals surface area contributed by atoms with Crippen LogP contribution in [-0.2, 0) is 6.54 Å². The van der Waals surface area contributed by atoms with E-state index in [1.807, 2.05) is 6.92 Å². The Labute approximate surface area is 109 Å². The van der Waals surface area contributed by atoms with Crippen molar-refractivity contribution >= 4 is 11.8 Å². The molecule has 0 aliphatic carbocycles. The van der Waals surface area contributed by atoms with Crippen molar-refractivity contribution in [1.29, 1.82) is 0 Å². The number of imide groups is 1. The van der Waals surface area contributed by atoms with Crippen LogP contribution in [0.3, 0.4) is 0 Å². The van der Waals surface area contributed by atoms with Gasteiger partial charge in [0.25, 0.3) is 11.8 Å². The van der Waals surface area contributed by atoms with Gasteiger partial charge >= 0.3 is 0 Å². The number of hydrogen-bond acceptors (Lipinski definition) is 4. The third-order valence-corrected chi connectivity index (χ3v) is 3.19. The highest BCUT2D eigenvalue weighted by Gasteiger charge is 2.35. The Morgan fingerprint density at radius 1 is 1.11 bits per heavy atom. The quantitative estimate of drug-likeness (QED) is 0.762. The van der Waals surface area contributed by atoms with Crippen molar-refractivity contribution in [2.75, 3.05) is 0 Å². The number of benzene rings is 1. The fraction of sp³-hybridized carbons (Fsp3) is 0.143. The molecule has 5 nitrogen and oxygen atoms in total. The van der Waals surface area contributed by atoms with Crippen molar-refractivity contribution in [3.8, 4) is 0 Å². The zero-order valence-electron chi connectivity index (χ0n) is 10.3. The monoisotopic (exact) mass is 253 g/mol. The summed E-state index contributed by atoms with van der Waals surface area (Å²) >= 11 is 0. The molecule has 1 aliphatic rings. The maximum atomic E-state index is 12.2. The van der Waals surface area contributed by atoms with Crippen molar-refractivity contribution in [3.63, 3.8) is 0 Å². The van der Waals surface area contributed by atoms with Gasteiger partial charge < -0.3 is 0 Å². The Hall–Kier alpha value is -2.56. The molecule has 0 saturated heterocycles. The van der Waals surface area contributed by atoms with E-state index in [2.05, 4.69) is 9.97 Å². The number of amides is 2. The Morgan fingerprint density at radius 2 is 1.74 bits per heavy atom. The lowest BCUT2D eigenvalue weighted by atomic mass is 10.1. The molecule has 0 bridgehead atoms. The van der Waals surface area contributed by atoms with Crippen LogP contribution in [0, 0.1) is 6.92 Å². The van der Waals surface area contributed by atoms with E-state index in [4.69, 9.17) is 0 Å². The summed E-state index contributed by atoms with van der Waals surface area (Å²) in [6.07, 6.45) is 3.08. The van der Waals surface area contributed by atoms with E-state index < -0.39 is 0 Å². The fourth-order valence-corrected chi connectivity index (χ4v) is 2.12. The Morgan fingerprint density at radius 3 is 2.32 bits per heavy atom. The summed E-state index contributed by atoms with van der Waals surface area (Å²) in [4.78, 5) is 33.6. The molecule has 94 valence electrons. The van der Waals surface area contributed by atoms with Gasteiger partial charge in [-0.2, -0.15) is 0 Å². The lowest BCUT2D eigenvalue weighted by Gasteiger charge is -2.14. The molecular weight excluding hydrogens is 242 g/mol. The summed E-state index contributed by atoms with van der Waals surface area (Å²) in [5.41, 5.74) is 2.46. The van der Waals surface area contributed by atoms with Crippen LogP contribution in [0.2, 0.25) is 0 Å². The highest BCUT2D eigenvalue weighted by molar-refractivity contribution is 6.21. The highest BCUT2D eigenvalue weighted by Crippen LogP contribution is 2.24. The van der Waals surface area contributed by atoms with Gasteiger partial charge in [-0.3, -0.25) is 14.5 Å². The Balaban J connectivity index is 1.95. The minimum atomic E-state index is -0.265. The summed E-state index contributed by atoms with van der Waals surface area (Å²) in [5.74, 6) is -0.530. The number of aromatic nitrogens is 2. The van der Waals surface area contributed by atoms with Crippen LogP contribution in [0.15, 0.2) is 36.8 Å². The van der Waals surface area contributed by atoms with Gasteiger partial charge in [0.1, 0.15) is 6.33 Å². The first kappa shape index (κ1) is 11.5. The van der Waals surface area contributed by atoms with Gasteiger partial charge in [0.05, 0.1) is 23.4 Å². The van der Waals surface area contributed by atoms with Crippen LogP contribution in [-0.4, -0.2) is 26.7 Å². The minimum absolute atomic E-state index is 0.181. The highest BCUT2D eigenvalue weighted by atomic mass is 16.2. The molecule has 2 aromatic rings. The van der Waals surface area contributed by atoms with Crippen LogP contribution in [0.1, 0.15) is 32.0 Å². The van der Waals surface area contributed by atoms with E-state index >= 15 is 0 Å². The molecule has 1 aromatic heterocycles. The van der Waals surface area contributed by atoms with Gasteiger partial charge in [-0.05, 0) is 24.6 Å². The van der Waals surface area contributed by atoms with Crippen molar-refractivity contribution in [2.45, 2.75) is 13.5 Å². The van der Waals surface area contributed by atoms with Crippen LogP contribution in [0.4, 0.5) is 0 Å². The standard InChI is InChI=1S/C14H11N3O2/c1-9-6-15-8-16-12(9)7-17-13(18)10-4-2-3-5-11(10)14(17)19/h2-6,8H,7H2,1H3. The molecule has 0 N–H and O–H groups in total. The van der Waals surface area contributed by atoms with Crippen LogP contribution in [0.25, 0.3) is 0 Å². The van der Waals surface area contributed by atoms with Crippen molar-refractivity contribution in [1.82, 2.24) is 14.9 Å². The molecule has 2 heterocycles. The molecule has 2 amide bonds. The number of carbonyl (C=O) groups excluding carboxylic acids is 2. The van der Waals surface area contributed by atoms with Gasteiger partial charge in [0.2, 0.25) is 0 Å². The molecule has 1 aliphatic heterocycles. The fourth-order valence-electron chi connectivity index (χ4n) is 2.12. The first-order valence-corrected chi connectivity index (χ1v) is 5.89. The second kappa shape index (κ2) is 4.28. The first-order valence-electron chi connectivity index (χ1n) is 5.89. The summed E-state index contributed by atoms with van der Waals surface area (Å²) in [6, 6.07) is 6.84. The van der Waals surface area contributed by atoms with E-state index in [9.17, 15) is 9.59 Å². The molecule has 19 heavy (non-hydrogen) atoms. The van der Waals surface area contributed by atoms with E-state index in [0.29, 0.717) is 16.8 Å². The lowest BCUT2D eigenvalue weighted by Crippen LogP contribution is -2.29. The van der Waals surface area contributed by atoms with Crippen LogP contribution in [0.5, 0.6) is 0 Å². The molecule has 0 radical (unpaired) electrons. The van der Waals surface area contributed by atoms with Crippen molar-refractivity contribution in [2.24, 2.45) is 0 Å². The number of rotatable bonds is 2. The summed E-state index contributed by atoms with van der Waals surface area (Å²) in [6.45, 7) is 2.04. The normalized spacial score (nSPS) is 13.8. The minimum Gasteiger partial charge on any atom is -0.269 e. The number of carbonyl (C=O) groups is 2. The van der Waals surface area contributed by atoms with Gasteiger partial charge in [-0.25, -0.2) is 9.97 Å². The third-order valence-electron chi connectivity index (χ3n) is 3.19. The van der Waals surface area contributed by atoms with E-state index in [1.54, 1.807) is 30.5 Å². The third kappa shape index (κ3) is 1.79. The Kier molecular flexibility index (Phi) is 2.59. The SMILES string of the molecule is Cc1cncnc1CN1C(=O)c2ccccc2C1=O. The molecule has 5 heteroatoms. The molecule has 0 fully saturated rings. The molecular formula is C14H11N3O2. The Bertz CT molecular complexity index is 647. The van der Waals surface area contributed by atoms with Gasteiger partial charge in [0.15, 0.2) is 0 Å². The summed E-state index contributed by atoms with van der Waals surface area (Å²) in [5, 5.41) is 0. The number of fused-ring (bicyclic) bond motifs is 1. The predicted octanol–water partition coefficient (Wildman–Crippen LogP) is 1.58. The zero-order valence-corrected chi connectivity index (χ0v) is 10.3. The van der Waals surface area contributed by atoms with E-state index in [0.717, 1.165) is 5.56 Å². The van der Waals surface area contributed by atoms with Gasteiger partial charge in [-0.15, -0.1) is 0 Å². The summed E-state index contributed by atoms with van der Waals surface area (Å²) < 4.78 is 0. The van der Waals surface area contributed by atoms with Crippen LogP contribution >= 0.6 is 0 Å². The molecule has 0 unspecified atom stereocenters. The molecule has 0 saturated carbocycles. The zero-order chi connectivity index (χ0) is 13.4.